The number of nitrogens with zero attached hydrogens (tertiary/aromatic N) is 3. The van der Waals surface area contributed by atoms with Gasteiger partial charge >= 0.3 is 0 Å². The molecule has 0 fully saturated rings. The van der Waals surface area contributed by atoms with E-state index >= 15 is 0 Å². The standard InChI is InChI=1S/C22H16ClFN4O2/c1-12-7-15(24)3-4-18(12)27-11-28(19-5-6-21(29)26-13(19)2)22(30)16-9-17(23)14(10-25)8-20(16)27/h3-9H,11H2,1-2H3,(H,26,29). The highest BCUT2D eigenvalue weighted by atomic mass is 35.5. The molecule has 0 atom stereocenters. The third-order valence-electron chi connectivity index (χ3n) is 5.08. The Morgan fingerprint density at radius 1 is 1.03 bits per heavy atom. The summed E-state index contributed by atoms with van der Waals surface area (Å²) in [5.41, 5.74) is 3.21. The monoisotopic (exact) mass is 422 g/mol. The van der Waals surface area contributed by atoms with Gasteiger partial charge in [0.25, 0.3) is 5.91 Å². The number of carbonyl (C=O) groups is 1. The molecule has 0 radical (unpaired) electrons. The number of hydrogen-bond donors (Lipinski definition) is 1. The van der Waals surface area contributed by atoms with Gasteiger partial charge in [-0.15, -0.1) is 0 Å². The van der Waals surface area contributed by atoms with E-state index in [0.717, 1.165) is 0 Å². The van der Waals surface area contributed by atoms with E-state index in [-0.39, 0.29) is 34.5 Å². The molecule has 6 nitrogen and oxygen atoms in total. The summed E-state index contributed by atoms with van der Waals surface area (Å²) in [6, 6.07) is 12.4. The minimum Gasteiger partial charge on any atom is -0.324 e. The van der Waals surface area contributed by atoms with Crippen molar-refractivity contribution in [3.63, 3.8) is 0 Å². The molecule has 0 bridgehead atoms. The van der Waals surface area contributed by atoms with E-state index in [1.807, 2.05) is 11.0 Å². The lowest BCUT2D eigenvalue weighted by Crippen LogP contribution is -2.45. The maximum atomic E-state index is 13.7. The van der Waals surface area contributed by atoms with Gasteiger partial charge in [-0.25, -0.2) is 4.39 Å². The van der Waals surface area contributed by atoms with Crippen molar-refractivity contribution in [2.45, 2.75) is 13.8 Å². The molecule has 3 aromatic rings. The van der Waals surface area contributed by atoms with E-state index in [9.17, 15) is 19.2 Å². The minimum atomic E-state index is -0.369. The Morgan fingerprint density at radius 3 is 2.43 bits per heavy atom. The minimum absolute atomic E-state index is 0.109. The molecule has 0 saturated carbocycles. The number of aryl methyl sites for hydroxylation is 2. The maximum Gasteiger partial charge on any atom is 0.261 e. The molecule has 0 spiro atoms. The average Bonchev–Trinajstić information content (AvgIpc) is 2.69. The van der Waals surface area contributed by atoms with Crippen molar-refractivity contribution < 1.29 is 9.18 Å². The van der Waals surface area contributed by atoms with Crippen molar-refractivity contribution in [1.82, 2.24) is 4.98 Å². The number of halogens is 2. The second-order valence-corrected chi connectivity index (χ2v) is 7.43. The van der Waals surface area contributed by atoms with Crippen LogP contribution in [0.2, 0.25) is 5.02 Å². The highest BCUT2D eigenvalue weighted by molar-refractivity contribution is 6.32. The fraction of sp³-hybridized carbons (Fsp3) is 0.136. The lowest BCUT2D eigenvalue weighted by atomic mass is 10.0. The van der Waals surface area contributed by atoms with Crippen molar-refractivity contribution in [2.75, 3.05) is 16.5 Å². The van der Waals surface area contributed by atoms with Crippen LogP contribution in [-0.4, -0.2) is 17.6 Å². The highest BCUT2D eigenvalue weighted by Crippen LogP contribution is 2.39. The number of pyridine rings is 1. The van der Waals surface area contributed by atoms with Crippen molar-refractivity contribution in [3.8, 4) is 6.07 Å². The molecule has 1 aliphatic rings. The van der Waals surface area contributed by atoms with Crippen LogP contribution in [0.3, 0.4) is 0 Å². The SMILES string of the molecule is Cc1cc(F)ccc1N1CN(c2ccc(=O)[nH]c2C)C(=O)c2cc(Cl)c(C#N)cc21. The van der Waals surface area contributed by atoms with E-state index in [4.69, 9.17) is 11.6 Å². The highest BCUT2D eigenvalue weighted by Gasteiger charge is 2.33. The lowest BCUT2D eigenvalue weighted by molar-refractivity contribution is 0.0983. The number of benzene rings is 2. The van der Waals surface area contributed by atoms with E-state index in [2.05, 4.69) is 4.98 Å². The maximum absolute atomic E-state index is 13.7. The summed E-state index contributed by atoms with van der Waals surface area (Å²) in [5, 5.41) is 9.56. The fourth-order valence-electron chi connectivity index (χ4n) is 3.65. The molecular formula is C22H16ClFN4O2. The summed E-state index contributed by atoms with van der Waals surface area (Å²) < 4.78 is 13.7. The van der Waals surface area contributed by atoms with Gasteiger partial charge in [-0.3, -0.25) is 14.5 Å². The number of anilines is 3. The molecule has 2 aromatic carbocycles. The number of aromatic nitrogens is 1. The van der Waals surface area contributed by atoms with E-state index in [1.54, 1.807) is 32.0 Å². The van der Waals surface area contributed by atoms with Gasteiger partial charge in [-0.1, -0.05) is 11.6 Å². The van der Waals surface area contributed by atoms with E-state index in [1.165, 1.54) is 29.2 Å². The normalized spacial score (nSPS) is 13.2. The van der Waals surface area contributed by atoms with Crippen LogP contribution >= 0.6 is 11.6 Å². The molecule has 150 valence electrons. The average molecular weight is 423 g/mol. The van der Waals surface area contributed by atoms with Gasteiger partial charge in [0.1, 0.15) is 18.6 Å². The van der Waals surface area contributed by atoms with Crippen molar-refractivity contribution >= 4 is 34.6 Å². The first-order chi connectivity index (χ1) is 14.3. The first kappa shape index (κ1) is 19.7. The zero-order chi connectivity index (χ0) is 21.6. The number of carbonyl (C=O) groups excluding carboxylic acids is 1. The number of nitrogens with one attached hydrogen (secondary N) is 1. The van der Waals surface area contributed by atoms with Crippen LogP contribution in [0.1, 0.15) is 27.2 Å². The van der Waals surface area contributed by atoms with Crippen molar-refractivity contribution in [1.29, 1.82) is 5.26 Å². The van der Waals surface area contributed by atoms with Gasteiger partial charge in [0.15, 0.2) is 0 Å². The summed E-state index contributed by atoms with van der Waals surface area (Å²) >= 11 is 6.21. The summed E-state index contributed by atoms with van der Waals surface area (Å²) in [6.07, 6.45) is 0. The van der Waals surface area contributed by atoms with Crippen molar-refractivity contribution in [2.24, 2.45) is 0 Å². The van der Waals surface area contributed by atoms with Gasteiger partial charge in [0, 0.05) is 17.4 Å². The Bertz CT molecular complexity index is 1300. The van der Waals surface area contributed by atoms with Crippen LogP contribution in [0.4, 0.5) is 21.5 Å². The number of fused-ring (bicyclic) bond motifs is 1. The van der Waals surface area contributed by atoms with Crippen LogP contribution in [0, 0.1) is 31.0 Å². The van der Waals surface area contributed by atoms with Crippen LogP contribution in [-0.2, 0) is 0 Å². The Kier molecular flexibility index (Phi) is 4.80. The molecule has 0 saturated heterocycles. The Morgan fingerprint density at radius 2 is 1.77 bits per heavy atom. The summed E-state index contributed by atoms with van der Waals surface area (Å²) in [7, 11) is 0. The van der Waals surface area contributed by atoms with Crippen LogP contribution < -0.4 is 15.4 Å². The third-order valence-corrected chi connectivity index (χ3v) is 5.40. The first-order valence-electron chi connectivity index (χ1n) is 9.09. The molecule has 4 rings (SSSR count). The molecular weight excluding hydrogens is 407 g/mol. The molecule has 0 aliphatic carbocycles. The van der Waals surface area contributed by atoms with Gasteiger partial charge < -0.3 is 9.88 Å². The van der Waals surface area contributed by atoms with Crippen LogP contribution in [0.5, 0.6) is 0 Å². The van der Waals surface area contributed by atoms with Gasteiger partial charge in [0.2, 0.25) is 5.56 Å². The summed E-state index contributed by atoms with van der Waals surface area (Å²) in [5.74, 6) is -0.686. The first-order valence-corrected chi connectivity index (χ1v) is 9.47. The van der Waals surface area contributed by atoms with E-state index < -0.39 is 0 Å². The molecule has 1 N–H and O–H groups in total. The molecule has 1 amide bonds. The zero-order valence-electron chi connectivity index (χ0n) is 16.2. The smallest absolute Gasteiger partial charge is 0.261 e. The number of rotatable bonds is 2. The Balaban J connectivity index is 1.95. The number of amides is 1. The summed E-state index contributed by atoms with van der Waals surface area (Å²) in [6.45, 7) is 3.59. The zero-order valence-corrected chi connectivity index (χ0v) is 16.9. The molecule has 2 heterocycles. The van der Waals surface area contributed by atoms with Gasteiger partial charge in [-0.05, 0) is 55.8 Å². The van der Waals surface area contributed by atoms with E-state index in [0.29, 0.717) is 33.9 Å². The largest absolute Gasteiger partial charge is 0.324 e. The molecule has 8 heteroatoms. The lowest BCUT2D eigenvalue weighted by Gasteiger charge is -2.39. The number of hydrogen-bond acceptors (Lipinski definition) is 4. The quantitative estimate of drug-likeness (QED) is 0.663. The number of nitriles is 1. The predicted octanol–water partition coefficient (Wildman–Crippen LogP) is 4.41. The summed E-state index contributed by atoms with van der Waals surface area (Å²) in [4.78, 5) is 31.0. The Labute approximate surface area is 176 Å². The topological polar surface area (TPSA) is 80.2 Å². The second-order valence-electron chi connectivity index (χ2n) is 7.03. The van der Waals surface area contributed by atoms with Crippen LogP contribution in [0.25, 0.3) is 0 Å². The molecule has 0 unspecified atom stereocenters. The van der Waals surface area contributed by atoms with Crippen molar-refractivity contribution in [3.05, 3.63) is 86.0 Å². The number of aromatic amines is 1. The third kappa shape index (κ3) is 3.21. The van der Waals surface area contributed by atoms with Crippen LogP contribution in [0.15, 0.2) is 47.3 Å². The number of H-pyrrole nitrogens is 1. The van der Waals surface area contributed by atoms with Gasteiger partial charge in [0.05, 0.1) is 27.5 Å². The molecule has 30 heavy (non-hydrogen) atoms. The molecule has 1 aromatic heterocycles. The molecule has 1 aliphatic heterocycles. The second kappa shape index (κ2) is 7.32. The predicted molar refractivity (Wildman–Crippen MR) is 113 cm³/mol. The fourth-order valence-corrected chi connectivity index (χ4v) is 3.85. The van der Waals surface area contributed by atoms with Gasteiger partial charge in [-0.2, -0.15) is 5.26 Å². The Hall–Kier alpha value is -3.63.